The van der Waals surface area contributed by atoms with Gasteiger partial charge < -0.3 is 19.8 Å². The van der Waals surface area contributed by atoms with Crippen LogP contribution >= 0.6 is 0 Å². The summed E-state index contributed by atoms with van der Waals surface area (Å²) in [5, 5.41) is 17.4. The maximum Gasteiger partial charge on any atom is 0.323 e. The third-order valence-corrected chi connectivity index (χ3v) is 1.87. The smallest absolute Gasteiger partial charge is 0.323 e. The molecule has 1 heterocycles. The number of rotatable bonds is 7. The summed E-state index contributed by atoms with van der Waals surface area (Å²) in [7, 11) is 0. The van der Waals surface area contributed by atoms with Crippen LogP contribution in [0.15, 0.2) is 12.4 Å². The lowest BCUT2D eigenvalue weighted by molar-refractivity contribution is -0.136. The van der Waals surface area contributed by atoms with Crippen LogP contribution in [0.3, 0.4) is 0 Å². The number of ether oxygens (including phenoxy) is 1. The highest BCUT2D eigenvalue weighted by Crippen LogP contribution is 2.13. The first-order valence-electron chi connectivity index (χ1n) is 5.16. The fourth-order valence-electron chi connectivity index (χ4n) is 1.25. The average Bonchev–Trinajstić information content (AvgIpc) is 2.28. The Morgan fingerprint density at radius 3 is 2.39 bits per heavy atom. The molecule has 1 aromatic heterocycles. The quantitative estimate of drug-likeness (QED) is 0.691. The molecule has 0 saturated heterocycles. The predicted octanol–water partition coefficient (Wildman–Crippen LogP) is -0.149. The van der Waals surface area contributed by atoms with Crippen molar-refractivity contribution in [2.45, 2.75) is 6.92 Å². The lowest BCUT2D eigenvalue weighted by Crippen LogP contribution is -2.35. The summed E-state index contributed by atoms with van der Waals surface area (Å²) in [5.74, 6) is -1.94. The van der Waals surface area contributed by atoms with Gasteiger partial charge >= 0.3 is 11.9 Å². The molecule has 8 nitrogen and oxygen atoms in total. The van der Waals surface area contributed by atoms with Crippen molar-refractivity contribution in [2.75, 3.05) is 24.6 Å². The Kier molecular flexibility index (Phi) is 4.85. The normalized spacial score (nSPS) is 9.83. The Balaban J connectivity index is 2.92. The summed E-state index contributed by atoms with van der Waals surface area (Å²) in [6, 6.07) is 0. The van der Waals surface area contributed by atoms with Gasteiger partial charge in [0, 0.05) is 0 Å². The van der Waals surface area contributed by atoms with E-state index in [4.69, 9.17) is 14.9 Å². The molecule has 0 fully saturated rings. The fourth-order valence-corrected chi connectivity index (χ4v) is 1.25. The van der Waals surface area contributed by atoms with Gasteiger partial charge in [-0.2, -0.15) is 4.98 Å². The Labute approximate surface area is 103 Å². The molecule has 0 unspecified atom stereocenters. The van der Waals surface area contributed by atoms with Crippen molar-refractivity contribution in [3.8, 4) is 5.88 Å². The molecule has 0 saturated carbocycles. The molecule has 0 aliphatic carbocycles. The third-order valence-electron chi connectivity index (χ3n) is 1.87. The molecule has 0 atom stereocenters. The molecule has 0 bridgehead atoms. The van der Waals surface area contributed by atoms with Crippen molar-refractivity contribution in [3.05, 3.63) is 12.4 Å². The number of anilines is 1. The minimum Gasteiger partial charge on any atom is -0.480 e. The minimum absolute atomic E-state index is 0.144. The Bertz CT molecular complexity index is 421. The highest BCUT2D eigenvalue weighted by molar-refractivity contribution is 5.78. The second kappa shape index (κ2) is 6.38. The van der Waals surface area contributed by atoms with Gasteiger partial charge in [0.1, 0.15) is 13.1 Å². The second-order valence-corrected chi connectivity index (χ2v) is 3.29. The van der Waals surface area contributed by atoms with E-state index in [0.717, 1.165) is 4.90 Å². The number of aliphatic carboxylic acids is 2. The van der Waals surface area contributed by atoms with Gasteiger partial charge in [-0.05, 0) is 6.92 Å². The molecule has 0 radical (unpaired) electrons. The van der Waals surface area contributed by atoms with E-state index in [1.54, 1.807) is 6.92 Å². The highest BCUT2D eigenvalue weighted by atomic mass is 16.5. The summed E-state index contributed by atoms with van der Waals surface area (Å²) >= 11 is 0. The molecule has 8 heteroatoms. The molecular weight excluding hydrogens is 242 g/mol. The second-order valence-electron chi connectivity index (χ2n) is 3.29. The molecule has 2 N–H and O–H groups in total. The summed E-state index contributed by atoms with van der Waals surface area (Å²) in [4.78, 5) is 30.2. The molecule has 0 aromatic carbocycles. The van der Waals surface area contributed by atoms with Crippen LogP contribution in [0.5, 0.6) is 5.88 Å². The van der Waals surface area contributed by atoms with Crippen LogP contribution in [0.2, 0.25) is 0 Å². The van der Waals surface area contributed by atoms with Gasteiger partial charge in [-0.15, -0.1) is 0 Å². The Morgan fingerprint density at radius 2 is 1.89 bits per heavy atom. The zero-order valence-electron chi connectivity index (χ0n) is 9.74. The predicted molar refractivity (Wildman–Crippen MR) is 60.7 cm³/mol. The number of hydrogen-bond acceptors (Lipinski definition) is 6. The fraction of sp³-hybridized carbons (Fsp3) is 0.400. The number of hydrogen-bond donors (Lipinski definition) is 2. The van der Waals surface area contributed by atoms with Crippen molar-refractivity contribution in [1.29, 1.82) is 0 Å². The van der Waals surface area contributed by atoms with Crippen LogP contribution in [-0.4, -0.2) is 51.8 Å². The summed E-state index contributed by atoms with van der Waals surface area (Å²) < 4.78 is 5.11. The Hall–Kier alpha value is -2.38. The van der Waals surface area contributed by atoms with Crippen molar-refractivity contribution in [1.82, 2.24) is 9.97 Å². The standard InChI is InChI=1S/C10H13N3O5/c1-2-18-8-4-11-3-7(12-8)13(5-9(14)15)6-10(16)17/h3-4H,2,5-6H2,1H3,(H,14,15)(H,16,17). The summed E-state index contributed by atoms with van der Waals surface area (Å²) in [6.07, 6.45) is 2.65. The average molecular weight is 255 g/mol. The van der Waals surface area contributed by atoms with E-state index in [0.29, 0.717) is 6.61 Å². The van der Waals surface area contributed by atoms with Gasteiger partial charge in [0.05, 0.1) is 19.0 Å². The molecule has 1 rings (SSSR count). The molecule has 0 spiro atoms. The first kappa shape index (κ1) is 13.7. The summed E-state index contributed by atoms with van der Waals surface area (Å²) in [5.41, 5.74) is 0. The van der Waals surface area contributed by atoms with Gasteiger partial charge in [0.25, 0.3) is 0 Å². The molecule has 0 aliphatic rings. The van der Waals surface area contributed by atoms with Crippen molar-refractivity contribution in [3.63, 3.8) is 0 Å². The van der Waals surface area contributed by atoms with E-state index < -0.39 is 25.0 Å². The highest BCUT2D eigenvalue weighted by Gasteiger charge is 2.16. The number of nitrogens with zero attached hydrogens (tertiary/aromatic N) is 3. The van der Waals surface area contributed by atoms with Crippen LogP contribution in [0.25, 0.3) is 0 Å². The molecule has 0 aliphatic heterocycles. The first-order valence-corrected chi connectivity index (χ1v) is 5.16. The van der Waals surface area contributed by atoms with Crippen LogP contribution in [0.4, 0.5) is 5.82 Å². The summed E-state index contributed by atoms with van der Waals surface area (Å²) in [6.45, 7) is 1.20. The first-order chi connectivity index (χ1) is 8.52. The van der Waals surface area contributed by atoms with Gasteiger partial charge in [-0.3, -0.25) is 14.6 Å². The topological polar surface area (TPSA) is 113 Å². The van der Waals surface area contributed by atoms with Crippen LogP contribution in [0.1, 0.15) is 6.92 Å². The lowest BCUT2D eigenvalue weighted by Gasteiger charge is -2.19. The van der Waals surface area contributed by atoms with Crippen LogP contribution < -0.4 is 9.64 Å². The van der Waals surface area contributed by atoms with Gasteiger partial charge in [-0.25, -0.2) is 0 Å². The number of aromatic nitrogens is 2. The van der Waals surface area contributed by atoms with Crippen molar-refractivity contribution in [2.24, 2.45) is 0 Å². The van der Waals surface area contributed by atoms with E-state index in [1.165, 1.54) is 12.4 Å². The van der Waals surface area contributed by atoms with Crippen molar-refractivity contribution < 1.29 is 24.5 Å². The third kappa shape index (κ3) is 4.24. The largest absolute Gasteiger partial charge is 0.480 e. The van der Waals surface area contributed by atoms with E-state index in [-0.39, 0.29) is 11.7 Å². The SMILES string of the molecule is CCOc1cncc(N(CC(=O)O)CC(=O)O)n1. The lowest BCUT2D eigenvalue weighted by atomic mass is 10.4. The van der Waals surface area contributed by atoms with Crippen LogP contribution in [0, 0.1) is 0 Å². The van der Waals surface area contributed by atoms with E-state index in [9.17, 15) is 9.59 Å². The molecular formula is C10H13N3O5. The van der Waals surface area contributed by atoms with Gasteiger partial charge in [0.15, 0.2) is 5.82 Å². The minimum atomic E-state index is -1.15. The van der Waals surface area contributed by atoms with Crippen molar-refractivity contribution >= 4 is 17.8 Å². The molecule has 0 amide bonds. The molecule has 1 aromatic rings. The van der Waals surface area contributed by atoms with Gasteiger partial charge in [0.2, 0.25) is 5.88 Å². The van der Waals surface area contributed by atoms with Crippen LogP contribution in [-0.2, 0) is 9.59 Å². The van der Waals surface area contributed by atoms with Gasteiger partial charge in [-0.1, -0.05) is 0 Å². The Morgan fingerprint density at radius 1 is 1.28 bits per heavy atom. The van der Waals surface area contributed by atoms with E-state index >= 15 is 0 Å². The van der Waals surface area contributed by atoms with E-state index in [2.05, 4.69) is 9.97 Å². The maximum absolute atomic E-state index is 10.7. The number of carboxylic acid groups (broad SMARTS) is 2. The number of carbonyl (C=O) groups is 2. The zero-order valence-corrected chi connectivity index (χ0v) is 9.74. The maximum atomic E-state index is 10.7. The monoisotopic (exact) mass is 255 g/mol. The zero-order chi connectivity index (χ0) is 13.5. The van der Waals surface area contributed by atoms with E-state index in [1.807, 2.05) is 0 Å². The number of carboxylic acids is 2. The molecule has 98 valence electrons. The molecule has 18 heavy (non-hydrogen) atoms.